The van der Waals surface area contributed by atoms with Crippen LogP contribution in [0.4, 0.5) is 0 Å². The number of nitrogens with zero attached hydrogens (tertiary/aromatic N) is 3. The van der Waals surface area contributed by atoms with E-state index in [0.717, 1.165) is 11.1 Å². The minimum absolute atomic E-state index is 0.0254. The Morgan fingerprint density at radius 3 is 2.57 bits per heavy atom. The molecule has 0 heterocycles. The number of aliphatic hydroxyl groups excluding tert-OH is 1. The number of hydrogen-bond acceptors (Lipinski definition) is 2. The highest BCUT2D eigenvalue weighted by molar-refractivity contribution is 5.24. The van der Waals surface area contributed by atoms with Crippen LogP contribution < -0.4 is 0 Å². The summed E-state index contributed by atoms with van der Waals surface area (Å²) in [6.45, 7) is 2.02. The van der Waals surface area contributed by atoms with Crippen LogP contribution in [0, 0.1) is 6.92 Å². The molecule has 0 amide bonds. The first-order valence-corrected chi connectivity index (χ1v) is 4.49. The third-order valence-corrected chi connectivity index (χ3v) is 2.06. The van der Waals surface area contributed by atoms with Gasteiger partial charge in [0.05, 0.1) is 6.04 Å². The summed E-state index contributed by atoms with van der Waals surface area (Å²) in [6, 6.07) is 7.51. The number of hydrogen-bond donors (Lipinski definition) is 1. The molecule has 74 valence electrons. The van der Waals surface area contributed by atoms with E-state index in [4.69, 9.17) is 10.6 Å². The fourth-order valence-electron chi connectivity index (χ4n) is 1.26. The maximum absolute atomic E-state index is 8.80. The predicted octanol–water partition coefficient (Wildman–Crippen LogP) is 2.73. The Kier molecular flexibility index (Phi) is 3.98. The Morgan fingerprint density at radius 2 is 2.07 bits per heavy atom. The Balaban J connectivity index is 2.87. The molecule has 0 aliphatic heterocycles. The quantitative estimate of drug-likeness (QED) is 0.443. The number of rotatable bonds is 4. The molecular weight excluding hydrogens is 178 g/mol. The topological polar surface area (TPSA) is 69.0 Å². The van der Waals surface area contributed by atoms with Gasteiger partial charge in [0.1, 0.15) is 0 Å². The van der Waals surface area contributed by atoms with E-state index < -0.39 is 0 Å². The van der Waals surface area contributed by atoms with Crippen molar-refractivity contribution in [3.8, 4) is 0 Å². The van der Waals surface area contributed by atoms with Gasteiger partial charge in [-0.15, -0.1) is 0 Å². The highest BCUT2D eigenvalue weighted by Gasteiger charge is 2.07. The van der Waals surface area contributed by atoms with Gasteiger partial charge in [0.15, 0.2) is 0 Å². The average molecular weight is 191 g/mol. The summed E-state index contributed by atoms with van der Waals surface area (Å²) >= 11 is 0. The lowest BCUT2D eigenvalue weighted by atomic mass is 10.0. The fraction of sp³-hybridized carbons (Fsp3) is 0.400. The van der Waals surface area contributed by atoms with Gasteiger partial charge in [-0.1, -0.05) is 34.9 Å². The molecule has 0 aliphatic carbocycles. The lowest BCUT2D eigenvalue weighted by Crippen LogP contribution is -1.97. The molecule has 0 aliphatic rings. The normalized spacial score (nSPS) is 11.9. The second kappa shape index (κ2) is 5.27. The largest absolute Gasteiger partial charge is 0.396 e. The van der Waals surface area contributed by atoms with E-state index in [2.05, 4.69) is 10.0 Å². The third-order valence-electron chi connectivity index (χ3n) is 2.06. The SMILES string of the molecule is Cc1ccc(C(CCO)N=[N+]=[N-])cc1. The molecule has 1 aromatic rings. The van der Waals surface area contributed by atoms with Crippen molar-refractivity contribution in [3.05, 3.63) is 45.8 Å². The molecule has 0 radical (unpaired) electrons. The van der Waals surface area contributed by atoms with Crippen molar-refractivity contribution in [2.24, 2.45) is 5.11 Å². The molecule has 1 aromatic carbocycles. The van der Waals surface area contributed by atoms with Crippen molar-refractivity contribution in [1.29, 1.82) is 0 Å². The third kappa shape index (κ3) is 2.76. The van der Waals surface area contributed by atoms with Crippen LogP contribution >= 0.6 is 0 Å². The summed E-state index contributed by atoms with van der Waals surface area (Å²) in [5.74, 6) is 0. The van der Waals surface area contributed by atoms with E-state index in [1.54, 1.807) is 0 Å². The predicted molar refractivity (Wildman–Crippen MR) is 54.8 cm³/mol. The van der Waals surface area contributed by atoms with Gasteiger partial charge in [0, 0.05) is 11.5 Å². The van der Waals surface area contributed by atoms with Gasteiger partial charge in [-0.25, -0.2) is 0 Å². The van der Waals surface area contributed by atoms with Gasteiger partial charge in [-0.3, -0.25) is 0 Å². The van der Waals surface area contributed by atoms with E-state index in [9.17, 15) is 0 Å². The number of aryl methyl sites for hydroxylation is 1. The van der Waals surface area contributed by atoms with E-state index >= 15 is 0 Å². The van der Waals surface area contributed by atoms with Gasteiger partial charge >= 0.3 is 0 Å². The van der Waals surface area contributed by atoms with Crippen LogP contribution in [0.5, 0.6) is 0 Å². The maximum Gasteiger partial charge on any atom is 0.0647 e. The lowest BCUT2D eigenvalue weighted by molar-refractivity contribution is 0.276. The highest BCUT2D eigenvalue weighted by Crippen LogP contribution is 2.21. The number of azide groups is 1. The summed E-state index contributed by atoms with van der Waals surface area (Å²) in [5, 5.41) is 12.4. The Bertz CT molecular complexity index is 328. The van der Waals surface area contributed by atoms with Gasteiger partial charge in [-0.2, -0.15) is 0 Å². The van der Waals surface area contributed by atoms with Gasteiger partial charge in [0.25, 0.3) is 0 Å². The van der Waals surface area contributed by atoms with Crippen LogP contribution in [-0.4, -0.2) is 11.7 Å². The molecule has 14 heavy (non-hydrogen) atoms. The summed E-state index contributed by atoms with van der Waals surface area (Å²) in [4.78, 5) is 2.77. The number of benzene rings is 1. The van der Waals surface area contributed by atoms with Crippen molar-refractivity contribution < 1.29 is 5.11 Å². The molecule has 1 unspecified atom stereocenters. The zero-order valence-electron chi connectivity index (χ0n) is 8.09. The van der Waals surface area contributed by atoms with Crippen LogP contribution in [0.1, 0.15) is 23.6 Å². The Morgan fingerprint density at radius 1 is 1.43 bits per heavy atom. The smallest absolute Gasteiger partial charge is 0.0647 e. The summed E-state index contributed by atoms with van der Waals surface area (Å²) in [6.07, 6.45) is 0.465. The minimum Gasteiger partial charge on any atom is -0.396 e. The molecule has 4 heteroatoms. The molecule has 0 bridgehead atoms. The lowest BCUT2D eigenvalue weighted by Gasteiger charge is -2.09. The summed E-state index contributed by atoms with van der Waals surface area (Å²) in [5.41, 5.74) is 10.5. The van der Waals surface area contributed by atoms with E-state index in [-0.39, 0.29) is 12.6 Å². The van der Waals surface area contributed by atoms with Gasteiger partial charge in [0.2, 0.25) is 0 Å². The monoisotopic (exact) mass is 191 g/mol. The second-order valence-electron chi connectivity index (χ2n) is 3.14. The number of aliphatic hydroxyl groups is 1. The van der Waals surface area contributed by atoms with Crippen LogP contribution in [0.25, 0.3) is 10.4 Å². The van der Waals surface area contributed by atoms with Gasteiger partial charge < -0.3 is 5.11 Å². The van der Waals surface area contributed by atoms with Crippen molar-refractivity contribution in [2.45, 2.75) is 19.4 Å². The first kappa shape index (κ1) is 10.6. The first-order chi connectivity index (χ1) is 6.77. The molecular formula is C10H13N3O. The molecule has 0 fully saturated rings. The second-order valence-corrected chi connectivity index (χ2v) is 3.14. The minimum atomic E-state index is -0.259. The van der Waals surface area contributed by atoms with E-state index in [1.807, 2.05) is 31.2 Å². The zero-order valence-corrected chi connectivity index (χ0v) is 8.09. The Hall–Kier alpha value is -1.51. The summed E-state index contributed by atoms with van der Waals surface area (Å²) in [7, 11) is 0. The van der Waals surface area contributed by atoms with E-state index in [1.165, 1.54) is 0 Å². The fourth-order valence-corrected chi connectivity index (χ4v) is 1.26. The molecule has 1 rings (SSSR count). The molecule has 0 spiro atoms. The molecule has 0 saturated heterocycles. The van der Waals surface area contributed by atoms with Crippen LogP contribution in [0.15, 0.2) is 29.4 Å². The molecule has 1 N–H and O–H groups in total. The summed E-state index contributed by atoms with van der Waals surface area (Å²) < 4.78 is 0. The molecule has 0 aromatic heterocycles. The van der Waals surface area contributed by atoms with Crippen molar-refractivity contribution >= 4 is 0 Å². The van der Waals surface area contributed by atoms with Crippen LogP contribution in [0.2, 0.25) is 0 Å². The molecule has 0 saturated carbocycles. The molecule has 4 nitrogen and oxygen atoms in total. The highest BCUT2D eigenvalue weighted by atomic mass is 16.3. The van der Waals surface area contributed by atoms with Crippen molar-refractivity contribution in [3.63, 3.8) is 0 Å². The average Bonchev–Trinajstić information content (AvgIpc) is 2.19. The zero-order chi connectivity index (χ0) is 10.4. The first-order valence-electron chi connectivity index (χ1n) is 4.49. The van der Waals surface area contributed by atoms with Crippen LogP contribution in [-0.2, 0) is 0 Å². The molecule has 1 atom stereocenters. The van der Waals surface area contributed by atoms with Crippen molar-refractivity contribution in [2.75, 3.05) is 6.61 Å². The van der Waals surface area contributed by atoms with E-state index in [0.29, 0.717) is 6.42 Å². The Labute approximate surface area is 82.8 Å². The maximum atomic E-state index is 8.80. The van der Waals surface area contributed by atoms with Crippen molar-refractivity contribution in [1.82, 2.24) is 0 Å². The standard InChI is InChI=1S/C10H13N3O/c1-8-2-4-9(5-3-8)10(6-7-14)12-13-11/h2-5,10,14H,6-7H2,1H3. The van der Waals surface area contributed by atoms with Gasteiger partial charge in [-0.05, 0) is 24.4 Å². The van der Waals surface area contributed by atoms with Crippen LogP contribution in [0.3, 0.4) is 0 Å².